The van der Waals surface area contributed by atoms with Gasteiger partial charge in [-0.3, -0.25) is 14.6 Å². The molecule has 4 rings (SSSR count). The number of hydrogen-bond acceptors (Lipinski definition) is 10. The summed E-state index contributed by atoms with van der Waals surface area (Å²) in [7, 11) is 3.08. The zero-order valence-corrected chi connectivity index (χ0v) is 21.5. The molecule has 11 heteroatoms. The number of aliphatic carboxylic acids is 1. The molecule has 0 radical (unpaired) electrons. The second-order valence-electron chi connectivity index (χ2n) is 8.41. The van der Waals surface area contributed by atoms with E-state index in [9.17, 15) is 19.5 Å². The van der Waals surface area contributed by atoms with Gasteiger partial charge in [-0.2, -0.15) is 0 Å². The lowest BCUT2D eigenvalue weighted by atomic mass is 10.0. The minimum absolute atomic E-state index is 0.0914. The summed E-state index contributed by atoms with van der Waals surface area (Å²) >= 11 is 0. The molecule has 0 saturated carbocycles. The highest BCUT2D eigenvalue weighted by Gasteiger charge is 2.33. The average Bonchev–Trinajstić information content (AvgIpc) is 2.93. The molecule has 3 aromatic carbocycles. The summed E-state index contributed by atoms with van der Waals surface area (Å²) in [6, 6.07) is 10.5. The lowest BCUT2D eigenvalue weighted by molar-refractivity contribution is -0.139. The van der Waals surface area contributed by atoms with Crippen molar-refractivity contribution in [2.24, 2.45) is 0 Å². The molecule has 4 aromatic rings. The molecule has 38 heavy (non-hydrogen) atoms. The first kappa shape index (κ1) is 26.6. The van der Waals surface area contributed by atoms with Crippen LogP contribution in [0.1, 0.15) is 19.4 Å². The molecule has 1 atom stereocenters. The third-order valence-corrected chi connectivity index (χ3v) is 6.26. The zero-order valence-electron chi connectivity index (χ0n) is 21.5. The molecule has 0 saturated heterocycles. The summed E-state index contributed by atoms with van der Waals surface area (Å²) < 4.78 is 16.7. The number of rotatable bonds is 12. The van der Waals surface area contributed by atoms with Crippen molar-refractivity contribution in [1.29, 1.82) is 0 Å². The molecule has 0 aliphatic heterocycles. The van der Waals surface area contributed by atoms with Crippen molar-refractivity contribution < 1.29 is 24.1 Å². The average molecular weight is 521 g/mol. The summed E-state index contributed by atoms with van der Waals surface area (Å²) in [6.45, 7) is 4.65. The van der Waals surface area contributed by atoms with Gasteiger partial charge in [-0.05, 0) is 23.8 Å². The van der Waals surface area contributed by atoms with Crippen molar-refractivity contribution >= 4 is 22.6 Å². The quantitative estimate of drug-likeness (QED) is 0.218. The first-order valence-electron chi connectivity index (χ1n) is 12.0. The highest BCUT2D eigenvalue weighted by atomic mass is 16.5. The van der Waals surface area contributed by atoms with Gasteiger partial charge < -0.3 is 19.3 Å². The first-order valence-corrected chi connectivity index (χ1v) is 12.0. The summed E-state index contributed by atoms with van der Waals surface area (Å²) in [4.78, 5) is 44.6. The SMILES string of the molecule is CCN(CC)N(c1cc(=O)c1=O)C(Cc1ccc(Oc2ncnc3cc(OC)c(OC)cc23)cc1)C(=O)O. The minimum atomic E-state index is -1.11. The second kappa shape index (κ2) is 11.3. The van der Waals surface area contributed by atoms with Crippen LogP contribution < -0.4 is 30.1 Å². The van der Waals surface area contributed by atoms with Crippen molar-refractivity contribution in [3.8, 4) is 23.1 Å². The van der Waals surface area contributed by atoms with Crippen molar-refractivity contribution in [2.75, 3.05) is 32.3 Å². The number of methoxy groups -OCH3 is 2. The topological polar surface area (TPSA) is 131 Å². The molecule has 1 unspecified atom stereocenters. The summed E-state index contributed by atoms with van der Waals surface area (Å²) in [5.41, 5.74) is 0.103. The molecule has 198 valence electrons. The van der Waals surface area contributed by atoms with E-state index in [2.05, 4.69) is 9.97 Å². The van der Waals surface area contributed by atoms with E-state index in [-0.39, 0.29) is 12.1 Å². The third-order valence-electron chi connectivity index (χ3n) is 6.26. The van der Waals surface area contributed by atoms with E-state index < -0.39 is 22.9 Å². The highest BCUT2D eigenvalue weighted by Crippen LogP contribution is 2.35. The van der Waals surface area contributed by atoms with E-state index in [1.807, 2.05) is 13.8 Å². The number of nitrogens with zero attached hydrogens (tertiary/aromatic N) is 4. The lowest BCUT2D eigenvalue weighted by Gasteiger charge is -2.39. The van der Waals surface area contributed by atoms with Crippen LogP contribution in [0.15, 0.2) is 58.4 Å². The normalized spacial score (nSPS) is 12.0. The Morgan fingerprint density at radius 2 is 1.63 bits per heavy atom. The van der Waals surface area contributed by atoms with Crippen molar-refractivity contribution in [2.45, 2.75) is 26.3 Å². The van der Waals surface area contributed by atoms with Crippen LogP contribution >= 0.6 is 0 Å². The molecular formula is C27H28N4O7. The van der Waals surface area contributed by atoms with Gasteiger partial charge in [-0.15, -0.1) is 0 Å². The Labute approximate surface area is 218 Å². The van der Waals surface area contributed by atoms with Crippen molar-refractivity contribution in [3.63, 3.8) is 0 Å². The zero-order chi connectivity index (χ0) is 27.4. The third kappa shape index (κ3) is 5.14. The predicted octanol–water partition coefficient (Wildman–Crippen LogP) is 2.79. The van der Waals surface area contributed by atoms with Gasteiger partial charge in [-0.25, -0.2) is 19.8 Å². The monoisotopic (exact) mass is 520 g/mol. The largest absolute Gasteiger partial charge is 0.493 e. The van der Waals surface area contributed by atoms with Crippen LogP contribution in [0.4, 0.5) is 5.69 Å². The molecule has 1 aromatic heterocycles. The Balaban J connectivity index is 1.59. The van der Waals surface area contributed by atoms with Crippen LogP contribution in [0, 0.1) is 0 Å². The van der Waals surface area contributed by atoms with Gasteiger partial charge in [0.25, 0.3) is 0 Å². The Bertz CT molecular complexity index is 1510. The maximum absolute atomic E-state index is 12.3. The van der Waals surface area contributed by atoms with E-state index in [4.69, 9.17) is 14.2 Å². The molecule has 0 spiro atoms. The maximum Gasteiger partial charge on any atom is 0.328 e. The fraction of sp³-hybridized carbons (Fsp3) is 0.296. The van der Waals surface area contributed by atoms with Gasteiger partial charge in [0.2, 0.25) is 16.7 Å². The van der Waals surface area contributed by atoms with Crippen molar-refractivity contribution in [3.05, 3.63) is 74.8 Å². The predicted molar refractivity (Wildman–Crippen MR) is 141 cm³/mol. The van der Waals surface area contributed by atoms with Crippen LogP contribution in [0.2, 0.25) is 0 Å². The second-order valence-corrected chi connectivity index (χ2v) is 8.41. The van der Waals surface area contributed by atoms with E-state index in [1.165, 1.54) is 24.5 Å². The van der Waals surface area contributed by atoms with E-state index in [0.29, 0.717) is 52.7 Å². The Kier molecular flexibility index (Phi) is 7.87. The number of carboxylic acids is 1. The smallest absolute Gasteiger partial charge is 0.328 e. The molecule has 0 fully saturated rings. The van der Waals surface area contributed by atoms with E-state index >= 15 is 0 Å². The summed E-state index contributed by atoms with van der Waals surface area (Å²) in [5, 5.41) is 13.8. The van der Waals surface area contributed by atoms with E-state index in [1.54, 1.807) is 48.5 Å². The van der Waals surface area contributed by atoms with Gasteiger partial charge in [-0.1, -0.05) is 26.0 Å². The molecule has 1 heterocycles. The number of aromatic nitrogens is 2. The Hall–Kier alpha value is -4.51. The van der Waals surface area contributed by atoms with Crippen molar-refractivity contribution in [1.82, 2.24) is 15.0 Å². The molecule has 0 amide bonds. The molecule has 1 N–H and O–H groups in total. The lowest BCUT2D eigenvalue weighted by Crippen LogP contribution is -2.57. The van der Waals surface area contributed by atoms with Gasteiger partial charge in [0.05, 0.1) is 25.1 Å². The number of benzene rings is 2. The number of ether oxygens (including phenoxy) is 3. The summed E-state index contributed by atoms with van der Waals surface area (Å²) in [6.07, 6.45) is 1.48. The van der Waals surface area contributed by atoms with Gasteiger partial charge in [0.1, 0.15) is 23.8 Å². The standard InChI is InChI=1S/C27H28N4O7/c1-5-30(6-2)31(20-14-22(32)25(20)33)21(27(34)35)11-16-7-9-17(10-8-16)38-26-18-12-23(36-3)24(37-4)13-19(18)28-15-29-26/h7-10,12-15,21H,5-6,11H2,1-4H3,(H,34,35). The van der Waals surface area contributed by atoms with Gasteiger partial charge in [0, 0.05) is 31.6 Å². The fourth-order valence-corrected chi connectivity index (χ4v) is 4.27. The summed E-state index contributed by atoms with van der Waals surface area (Å²) in [5.74, 6) is 0.735. The van der Waals surface area contributed by atoms with Crippen LogP contribution in [-0.4, -0.2) is 59.4 Å². The maximum atomic E-state index is 12.3. The van der Waals surface area contributed by atoms with Gasteiger partial charge >= 0.3 is 5.97 Å². The number of hydrogen-bond donors (Lipinski definition) is 1. The highest BCUT2D eigenvalue weighted by molar-refractivity contribution is 5.87. The number of anilines is 1. The number of hydrazine groups is 1. The molecule has 0 aliphatic carbocycles. The molecule has 0 aliphatic rings. The van der Waals surface area contributed by atoms with E-state index in [0.717, 1.165) is 0 Å². The minimum Gasteiger partial charge on any atom is -0.493 e. The van der Waals surface area contributed by atoms with Crippen LogP contribution in [0.5, 0.6) is 23.1 Å². The number of fused-ring (bicyclic) bond motifs is 1. The van der Waals surface area contributed by atoms with Gasteiger partial charge in [0.15, 0.2) is 11.5 Å². The number of carboxylic acid groups (broad SMARTS) is 1. The molecule has 0 bridgehead atoms. The van der Waals surface area contributed by atoms with Crippen LogP contribution in [0.25, 0.3) is 10.9 Å². The molecule has 11 nitrogen and oxygen atoms in total. The first-order chi connectivity index (χ1) is 18.3. The Morgan fingerprint density at radius 3 is 2.18 bits per heavy atom. The van der Waals surface area contributed by atoms with Crippen LogP contribution in [0.3, 0.4) is 0 Å². The fourth-order valence-electron chi connectivity index (χ4n) is 4.27. The Morgan fingerprint density at radius 1 is 0.974 bits per heavy atom. The molecular weight excluding hydrogens is 492 g/mol. The van der Waals surface area contributed by atoms with Crippen LogP contribution in [-0.2, 0) is 11.2 Å². The number of carbonyl (C=O) groups is 1.